The highest BCUT2D eigenvalue weighted by Crippen LogP contribution is 2.25. The van der Waals surface area contributed by atoms with Crippen LogP contribution in [-0.2, 0) is 19.1 Å². The van der Waals surface area contributed by atoms with Crippen LogP contribution in [0.4, 0.5) is 0 Å². The lowest BCUT2D eigenvalue weighted by Crippen LogP contribution is -2.26. The van der Waals surface area contributed by atoms with E-state index in [1.807, 2.05) is 12.2 Å². The van der Waals surface area contributed by atoms with E-state index in [1.54, 1.807) is 13.8 Å². The molecule has 0 unspecified atom stereocenters. The lowest BCUT2D eigenvalue weighted by molar-refractivity contribution is -0.138. The third kappa shape index (κ3) is 5.93. The molecule has 2 fully saturated rings. The van der Waals surface area contributed by atoms with E-state index in [1.165, 1.54) is 12.2 Å². The van der Waals surface area contributed by atoms with Crippen molar-refractivity contribution in [2.24, 2.45) is 0 Å². The van der Waals surface area contributed by atoms with Gasteiger partial charge in [0.25, 0.3) is 0 Å². The first-order valence-corrected chi connectivity index (χ1v) is 9.59. The number of hydrogen-bond acceptors (Lipinski definition) is 6. The normalized spacial score (nSPS) is 18.7. The molecule has 0 aromatic heterocycles. The van der Waals surface area contributed by atoms with Gasteiger partial charge in [0.1, 0.15) is 0 Å². The Kier molecular flexibility index (Phi) is 8.25. The molecule has 0 aromatic carbocycles. The van der Waals surface area contributed by atoms with Crippen LogP contribution in [-0.4, -0.2) is 61.1 Å². The van der Waals surface area contributed by atoms with Crippen LogP contribution >= 0.6 is 0 Å². The van der Waals surface area contributed by atoms with E-state index in [0.717, 1.165) is 63.3 Å². The van der Waals surface area contributed by atoms with Crippen molar-refractivity contribution in [1.29, 1.82) is 0 Å². The van der Waals surface area contributed by atoms with Crippen LogP contribution in [0.3, 0.4) is 0 Å². The largest absolute Gasteiger partial charge is 0.463 e. The lowest BCUT2D eigenvalue weighted by atomic mass is 10.2. The maximum atomic E-state index is 11.8. The predicted octanol–water partition coefficient (Wildman–Crippen LogP) is 2.63. The van der Waals surface area contributed by atoms with Gasteiger partial charge in [0, 0.05) is 38.3 Å². The highest BCUT2D eigenvalue weighted by Gasteiger charge is 2.22. The number of esters is 2. The fraction of sp³-hybridized carbons (Fsp3) is 0.600. The van der Waals surface area contributed by atoms with Gasteiger partial charge < -0.3 is 19.3 Å². The van der Waals surface area contributed by atoms with Gasteiger partial charge in [0.05, 0.1) is 24.6 Å². The third-order valence-electron chi connectivity index (χ3n) is 4.48. The SMILES string of the molecule is CCOC(=O)/C=C/C(=C(\C=C\C(=O)OCC)N1CCCC1)N1CCCC1. The summed E-state index contributed by atoms with van der Waals surface area (Å²) in [5.74, 6) is -0.696. The average Bonchev–Trinajstić information content (AvgIpc) is 3.31. The molecule has 0 radical (unpaired) electrons. The molecule has 2 aliphatic heterocycles. The van der Waals surface area contributed by atoms with Crippen molar-refractivity contribution in [3.63, 3.8) is 0 Å². The second-order valence-corrected chi connectivity index (χ2v) is 6.33. The van der Waals surface area contributed by atoms with E-state index in [-0.39, 0.29) is 11.9 Å². The molecule has 2 rings (SSSR count). The number of hydrogen-bond donors (Lipinski definition) is 0. The van der Waals surface area contributed by atoms with Crippen LogP contribution in [0.1, 0.15) is 39.5 Å². The molecule has 2 saturated heterocycles. The van der Waals surface area contributed by atoms with Gasteiger partial charge >= 0.3 is 11.9 Å². The summed E-state index contributed by atoms with van der Waals surface area (Å²) >= 11 is 0. The van der Waals surface area contributed by atoms with Crippen LogP contribution in [0.2, 0.25) is 0 Å². The van der Waals surface area contributed by atoms with E-state index >= 15 is 0 Å². The van der Waals surface area contributed by atoms with Crippen LogP contribution in [0.5, 0.6) is 0 Å². The molecule has 144 valence electrons. The van der Waals surface area contributed by atoms with E-state index in [9.17, 15) is 9.59 Å². The summed E-state index contributed by atoms with van der Waals surface area (Å²) in [6.07, 6.45) is 11.1. The van der Waals surface area contributed by atoms with Gasteiger partial charge in [0.15, 0.2) is 0 Å². The van der Waals surface area contributed by atoms with Crippen LogP contribution < -0.4 is 0 Å². The second-order valence-electron chi connectivity index (χ2n) is 6.33. The van der Waals surface area contributed by atoms with Gasteiger partial charge in [-0.3, -0.25) is 0 Å². The molecule has 0 amide bonds. The maximum absolute atomic E-state index is 11.8. The third-order valence-corrected chi connectivity index (χ3v) is 4.48. The van der Waals surface area contributed by atoms with E-state index in [2.05, 4.69) is 9.80 Å². The minimum Gasteiger partial charge on any atom is -0.463 e. The van der Waals surface area contributed by atoms with Crippen LogP contribution in [0.25, 0.3) is 0 Å². The van der Waals surface area contributed by atoms with Crippen molar-refractivity contribution >= 4 is 11.9 Å². The van der Waals surface area contributed by atoms with E-state index in [4.69, 9.17) is 9.47 Å². The molecule has 6 nitrogen and oxygen atoms in total. The minimum absolute atomic E-state index is 0.348. The zero-order chi connectivity index (χ0) is 18.8. The number of ether oxygens (including phenoxy) is 2. The molecule has 0 aromatic rings. The van der Waals surface area contributed by atoms with Crippen molar-refractivity contribution in [2.75, 3.05) is 39.4 Å². The quantitative estimate of drug-likeness (QED) is 0.376. The molecule has 2 aliphatic rings. The first kappa shape index (κ1) is 20.1. The Morgan fingerprint density at radius 3 is 1.35 bits per heavy atom. The molecule has 2 heterocycles. The van der Waals surface area contributed by atoms with Crippen molar-refractivity contribution < 1.29 is 19.1 Å². The Morgan fingerprint density at radius 1 is 0.692 bits per heavy atom. The summed E-state index contributed by atoms with van der Waals surface area (Å²) in [5, 5.41) is 0. The molecule has 0 spiro atoms. The van der Waals surface area contributed by atoms with Gasteiger partial charge in [0.2, 0.25) is 0 Å². The fourth-order valence-electron chi connectivity index (χ4n) is 3.30. The van der Waals surface area contributed by atoms with Gasteiger partial charge in [-0.1, -0.05) is 0 Å². The topological polar surface area (TPSA) is 59.1 Å². The molecule has 0 bridgehead atoms. The van der Waals surface area contributed by atoms with E-state index < -0.39 is 0 Å². The number of likely N-dealkylation sites (tertiary alicyclic amines) is 2. The molecule has 0 saturated carbocycles. The first-order valence-electron chi connectivity index (χ1n) is 9.59. The summed E-state index contributed by atoms with van der Waals surface area (Å²) in [5.41, 5.74) is 1.94. The Bertz CT molecular complexity index is 518. The van der Waals surface area contributed by atoms with Crippen LogP contribution in [0, 0.1) is 0 Å². The van der Waals surface area contributed by atoms with Gasteiger partial charge in [-0.05, 0) is 51.7 Å². The molecule has 6 heteroatoms. The van der Waals surface area contributed by atoms with Crippen LogP contribution in [0.15, 0.2) is 35.7 Å². The minimum atomic E-state index is -0.348. The van der Waals surface area contributed by atoms with Crippen molar-refractivity contribution in [3.05, 3.63) is 35.7 Å². The second kappa shape index (κ2) is 10.7. The number of rotatable bonds is 8. The Labute approximate surface area is 156 Å². The summed E-state index contributed by atoms with van der Waals surface area (Å²) in [4.78, 5) is 28.2. The molecular formula is C20H30N2O4. The number of carbonyl (C=O) groups excluding carboxylic acids is 2. The average molecular weight is 362 g/mol. The van der Waals surface area contributed by atoms with E-state index in [0.29, 0.717) is 13.2 Å². The predicted molar refractivity (Wildman–Crippen MR) is 100 cm³/mol. The highest BCUT2D eigenvalue weighted by atomic mass is 16.5. The molecule has 0 aliphatic carbocycles. The van der Waals surface area contributed by atoms with Crippen molar-refractivity contribution in [3.8, 4) is 0 Å². The number of carbonyl (C=O) groups is 2. The molecule has 0 atom stereocenters. The Hall–Kier alpha value is -2.24. The molecule has 26 heavy (non-hydrogen) atoms. The lowest BCUT2D eigenvalue weighted by Gasteiger charge is -2.27. The standard InChI is InChI=1S/C20H30N2O4/c1-3-25-19(23)11-9-17(21-13-5-6-14-21)18(22-15-7-8-16-22)10-12-20(24)26-4-2/h9-12H,3-8,13-16H2,1-2H3/b11-9+,12-10+,18-17-. The number of nitrogens with zero attached hydrogens (tertiary/aromatic N) is 2. The molecular weight excluding hydrogens is 332 g/mol. The monoisotopic (exact) mass is 362 g/mol. The van der Waals surface area contributed by atoms with Gasteiger partial charge in [-0.2, -0.15) is 0 Å². The highest BCUT2D eigenvalue weighted by molar-refractivity contribution is 5.83. The zero-order valence-corrected chi connectivity index (χ0v) is 15.9. The Balaban J connectivity index is 2.35. The first-order chi connectivity index (χ1) is 12.7. The summed E-state index contributed by atoms with van der Waals surface area (Å²) < 4.78 is 10.0. The van der Waals surface area contributed by atoms with Gasteiger partial charge in [-0.25, -0.2) is 9.59 Å². The maximum Gasteiger partial charge on any atom is 0.330 e. The van der Waals surface area contributed by atoms with Gasteiger partial charge in [-0.15, -0.1) is 0 Å². The fourth-order valence-corrected chi connectivity index (χ4v) is 3.30. The summed E-state index contributed by atoms with van der Waals surface area (Å²) in [7, 11) is 0. The summed E-state index contributed by atoms with van der Waals surface area (Å²) in [6, 6.07) is 0. The molecule has 0 N–H and O–H groups in total. The zero-order valence-electron chi connectivity index (χ0n) is 15.9. The smallest absolute Gasteiger partial charge is 0.330 e. The number of allylic oxidation sites excluding steroid dienone is 2. The van der Waals surface area contributed by atoms with Crippen molar-refractivity contribution in [1.82, 2.24) is 9.80 Å². The summed E-state index contributed by atoms with van der Waals surface area (Å²) in [6.45, 7) is 8.10. The van der Waals surface area contributed by atoms with Crippen molar-refractivity contribution in [2.45, 2.75) is 39.5 Å². The Morgan fingerprint density at radius 2 is 1.04 bits per heavy atom.